The molecule has 1 saturated carbocycles. The molecule has 0 spiro atoms. The molecule has 8 nitrogen and oxygen atoms in total. The van der Waals surface area contributed by atoms with Crippen molar-refractivity contribution in [2.45, 2.75) is 38.5 Å². The number of ether oxygens (including phenoxy) is 2. The van der Waals surface area contributed by atoms with E-state index in [0.717, 1.165) is 42.7 Å². The van der Waals surface area contributed by atoms with Gasteiger partial charge in [-0.1, -0.05) is 25.3 Å². The number of carbonyl (C=O) groups excluding carboxylic acids is 2. The fourth-order valence-electron chi connectivity index (χ4n) is 3.80. The van der Waals surface area contributed by atoms with Crippen LogP contribution in [-0.2, 0) is 18.3 Å². The Hall–Kier alpha value is -3.03. The molecule has 2 heterocycles. The second kappa shape index (κ2) is 8.55. The van der Waals surface area contributed by atoms with Crippen molar-refractivity contribution in [1.82, 2.24) is 15.1 Å². The van der Waals surface area contributed by atoms with E-state index in [4.69, 9.17) is 9.47 Å². The normalized spacial score (nSPS) is 15.9. The van der Waals surface area contributed by atoms with Crippen molar-refractivity contribution in [1.29, 1.82) is 0 Å². The molecule has 2 amide bonds. The third-order valence-electron chi connectivity index (χ3n) is 5.48. The van der Waals surface area contributed by atoms with E-state index in [-0.39, 0.29) is 30.2 Å². The predicted molar refractivity (Wildman–Crippen MR) is 107 cm³/mol. The highest BCUT2D eigenvalue weighted by atomic mass is 16.7. The van der Waals surface area contributed by atoms with Crippen LogP contribution in [0.3, 0.4) is 0 Å². The summed E-state index contributed by atoms with van der Waals surface area (Å²) in [6.07, 6.45) is 5.92. The summed E-state index contributed by atoms with van der Waals surface area (Å²) in [7, 11) is 1.72. The number of benzene rings is 1. The molecule has 1 fully saturated rings. The molecule has 0 bridgehead atoms. The van der Waals surface area contributed by atoms with Crippen LogP contribution < -0.4 is 20.1 Å². The predicted octanol–water partition coefficient (Wildman–Crippen LogP) is 2.64. The number of carbonyl (C=O) groups is 2. The molecule has 2 aliphatic rings. The topological polar surface area (TPSA) is 94.5 Å². The van der Waals surface area contributed by atoms with E-state index in [9.17, 15) is 9.59 Å². The molecular weight excluding hydrogens is 372 g/mol. The number of aromatic nitrogens is 2. The first-order valence-electron chi connectivity index (χ1n) is 10.1. The summed E-state index contributed by atoms with van der Waals surface area (Å²) in [5.41, 5.74) is 1.34. The van der Waals surface area contributed by atoms with E-state index >= 15 is 0 Å². The summed E-state index contributed by atoms with van der Waals surface area (Å²) in [6.45, 7) is 0.716. The Balaban J connectivity index is 1.29. The van der Waals surface area contributed by atoms with E-state index in [2.05, 4.69) is 15.7 Å². The average molecular weight is 398 g/mol. The smallest absolute Gasteiger partial charge is 0.271 e. The fraction of sp³-hybridized carbons (Fsp3) is 0.476. The van der Waals surface area contributed by atoms with Crippen molar-refractivity contribution in [3.63, 3.8) is 0 Å². The van der Waals surface area contributed by atoms with Crippen molar-refractivity contribution in [2.24, 2.45) is 13.0 Å². The fourth-order valence-corrected chi connectivity index (χ4v) is 3.80. The van der Waals surface area contributed by atoms with Crippen molar-refractivity contribution in [3.8, 4) is 11.5 Å². The molecule has 4 rings (SSSR count). The summed E-state index contributed by atoms with van der Waals surface area (Å²) in [5, 5.41) is 10.0. The second-order valence-corrected chi connectivity index (χ2v) is 7.56. The third-order valence-corrected chi connectivity index (χ3v) is 5.48. The quantitative estimate of drug-likeness (QED) is 0.780. The van der Waals surface area contributed by atoms with E-state index in [1.165, 1.54) is 11.1 Å². The van der Waals surface area contributed by atoms with Gasteiger partial charge in [-0.15, -0.1) is 0 Å². The molecule has 1 aromatic heterocycles. The monoisotopic (exact) mass is 398 g/mol. The first kappa shape index (κ1) is 19.3. The summed E-state index contributed by atoms with van der Waals surface area (Å²) in [5.74, 6) is 1.83. The summed E-state index contributed by atoms with van der Waals surface area (Å²) in [4.78, 5) is 24.9. The second-order valence-electron chi connectivity index (χ2n) is 7.56. The first-order valence-corrected chi connectivity index (χ1v) is 10.1. The van der Waals surface area contributed by atoms with Gasteiger partial charge in [0.2, 0.25) is 12.7 Å². The highest BCUT2D eigenvalue weighted by molar-refractivity contribution is 5.96. The number of nitrogens with zero attached hydrogens (tertiary/aromatic N) is 2. The molecule has 0 atom stereocenters. The summed E-state index contributed by atoms with van der Waals surface area (Å²) < 4.78 is 12.2. The Labute approximate surface area is 169 Å². The molecular formula is C21H26N4O4. The van der Waals surface area contributed by atoms with Crippen molar-refractivity contribution < 1.29 is 19.1 Å². The van der Waals surface area contributed by atoms with E-state index in [1.807, 2.05) is 18.2 Å². The van der Waals surface area contributed by atoms with Crippen molar-refractivity contribution in [2.75, 3.05) is 18.7 Å². The SMILES string of the molecule is Cn1nc(C(=O)NCCc2ccc3c(c2)OCO3)cc1NC(=O)C1CCCCC1. The molecule has 2 N–H and O–H groups in total. The summed E-state index contributed by atoms with van der Waals surface area (Å²) in [6, 6.07) is 7.38. The van der Waals surface area contributed by atoms with Crippen LogP contribution in [0.4, 0.5) is 5.82 Å². The zero-order valence-corrected chi connectivity index (χ0v) is 16.6. The largest absolute Gasteiger partial charge is 0.454 e. The van der Waals surface area contributed by atoms with Gasteiger partial charge >= 0.3 is 0 Å². The van der Waals surface area contributed by atoms with Gasteiger partial charge in [-0.05, 0) is 37.0 Å². The maximum Gasteiger partial charge on any atom is 0.271 e. The maximum absolute atomic E-state index is 12.4. The number of rotatable bonds is 6. The molecule has 0 unspecified atom stereocenters. The Bertz CT molecular complexity index is 902. The number of aryl methyl sites for hydroxylation is 1. The molecule has 1 aliphatic heterocycles. The highest BCUT2D eigenvalue weighted by Crippen LogP contribution is 2.32. The van der Waals surface area contributed by atoms with Gasteiger partial charge in [0.25, 0.3) is 5.91 Å². The first-order chi connectivity index (χ1) is 14.1. The van der Waals surface area contributed by atoms with Crippen LogP contribution in [0.15, 0.2) is 24.3 Å². The molecule has 2 aromatic rings. The minimum atomic E-state index is -0.264. The minimum Gasteiger partial charge on any atom is -0.454 e. The lowest BCUT2D eigenvalue weighted by atomic mass is 9.89. The molecule has 8 heteroatoms. The van der Waals surface area contributed by atoms with E-state index in [0.29, 0.717) is 18.8 Å². The van der Waals surface area contributed by atoms with Crippen LogP contribution in [0.5, 0.6) is 11.5 Å². The van der Waals surface area contributed by atoms with Crippen molar-refractivity contribution >= 4 is 17.6 Å². The van der Waals surface area contributed by atoms with Gasteiger partial charge < -0.3 is 20.1 Å². The van der Waals surface area contributed by atoms with Crippen LogP contribution >= 0.6 is 0 Å². The highest BCUT2D eigenvalue weighted by Gasteiger charge is 2.23. The van der Waals surface area contributed by atoms with Gasteiger partial charge in [0, 0.05) is 25.6 Å². The van der Waals surface area contributed by atoms with Gasteiger partial charge in [-0.3, -0.25) is 14.3 Å². The number of hydrogen-bond acceptors (Lipinski definition) is 5. The van der Waals surface area contributed by atoms with E-state index < -0.39 is 0 Å². The van der Waals surface area contributed by atoms with Crippen LogP contribution in [-0.4, -0.2) is 34.9 Å². The Morgan fingerprint density at radius 1 is 1.14 bits per heavy atom. The molecule has 1 aromatic carbocycles. The Morgan fingerprint density at radius 2 is 1.93 bits per heavy atom. The zero-order valence-electron chi connectivity index (χ0n) is 16.6. The van der Waals surface area contributed by atoms with Gasteiger partial charge in [0.1, 0.15) is 5.82 Å². The lowest BCUT2D eigenvalue weighted by Gasteiger charge is -2.20. The average Bonchev–Trinajstić information content (AvgIpc) is 3.35. The Morgan fingerprint density at radius 3 is 2.76 bits per heavy atom. The van der Waals surface area contributed by atoms with Gasteiger partial charge in [0.05, 0.1) is 0 Å². The van der Waals surface area contributed by atoms with Gasteiger partial charge in [-0.2, -0.15) is 5.10 Å². The van der Waals surface area contributed by atoms with Crippen LogP contribution in [0.2, 0.25) is 0 Å². The maximum atomic E-state index is 12.4. The summed E-state index contributed by atoms with van der Waals surface area (Å²) >= 11 is 0. The van der Waals surface area contributed by atoms with Crippen LogP contribution in [0.25, 0.3) is 0 Å². The molecule has 0 saturated heterocycles. The molecule has 29 heavy (non-hydrogen) atoms. The number of amides is 2. The lowest BCUT2D eigenvalue weighted by molar-refractivity contribution is -0.120. The lowest BCUT2D eigenvalue weighted by Crippen LogP contribution is -2.26. The van der Waals surface area contributed by atoms with E-state index in [1.54, 1.807) is 13.1 Å². The zero-order chi connectivity index (χ0) is 20.2. The molecule has 0 radical (unpaired) electrons. The number of anilines is 1. The standard InChI is InChI=1S/C21H26N4O4/c1-25-19(23-20(26)15-5-3-2-4-6-15)12-16(24-25)21(27)22-10-9-14-7-8-17-18(11-14)29-13-28-17/h7-8,11-12,15H,2-6,9-10,13H2,1H3,(H,22,27)(H,23,26). The number of fused-ring (bicyclic) bond motifs is 1. The van der Waals surface area contributed by atoms with Crippen LogP contribution in [0, 0.1) is 5.92 Å². The van der Waals surface area contributed by atoms with Gasteiger partial charge in [0.15, 0.2) is 17.2 Å². The van der Waals surface area contributed by atoms with Gasteiger partial charge in [-0.25, -0.2) is 0 Å². The minimum absolute atomic E-state index is 0.0162. The van der Waals surface area contributed by atoms with Crippen molar-refractivity contribution in [3.05, 3.63) is 35.5 Å². The molecule has 154 valence electrons. The molecule has 1 aliphatic carbocycles. The van der Waals surface area contributed by atoms with Crippen LogP contribution in [0.1, 0.15) is 48.2 Å². The third kappa shape index (κ3) is 4.52. The number of nitrogens with one attached hydrogen (secondary N) is 2. The number of hydrogen-bond donors (Lipinski definition) is 2. The Kier molecular flexibility index (Phi) is 5.69.